The molecule has 0 radical (unpaired) electrons. The zero-order valence-electron chi connectivity index (χ0n) is 16.7. The zero-order valence-corrected chi connectivity index (χ0v) is 17.6. The Hall–Kier alpha value is -2.68. The molecule has 2 aliphatic rings. The third-order valence-electron chi connectivity index (χ3n) is 6.52. The monoisotopic (exact) mass is 424 g/mol. The van der Waals surface area contributed by atoms with E-state index in [4.69, 9.17) is 0 Å². The third-order valence-corrected chi connectivity index (χ3v) is 7.45. The topological polar surface area (TPSA) is 106 Å². The highest BCUT2D eigenvalue weighted by atomic mass is 32.2. The number of hydrogen-bond donors (Lipinski definition) is 2. The summed E-state index contributed by atoms with van der Waals surface area (Å²) in [6.45, 7) is 2.12. The number of benzene rings is 1. The molecule has 4 atom stereocenters. The van der Waals surface area contributed by atoms with Crippen molar-refractivity contribution in [1.29, 1.82) is 0 Å². The lowest BCUT2D eigenvalue weighted by Gasteiger charge is -2.28. The number of rotatable bonds is 6. The van der Waals surface area contributed by atoms with Crippen LogP contribution in [0.5, 0.6) is 0 Å². The molecule has 156 valence electrons. The summed E-state index contributed by atoms with van der Waals surface area (Å²) < 4.78 is 1.38. The first-order valence-corrected chi connectivity index (χ1v) is 11.4. The Morgan fingerprint density at radius 3 is 2.93 bits per heavy atom. The van der Waals surface area contributed by atoms with E-state index < -0.39 is 0 Å². The van der Waals surface area contributed by atoms with Gasteiger partial charge in [0.05, 0.1) is 16.7 Å². The van der Waals surface area contributed by atoms with E-state index in [9.17, 15) is 9.59 Å². The lowest BCUT2D eigenvalue weighted by Crippen LogP contribution is -2.41. The molecular weight excluding hydrogens is 400 g/mol. The number of nitrogens with one attached hydrogen (secondary N) is 2. The van der Waals surface area contributed by atoms with Crippen molar-refractivity contribution < 1.29 is 4.79 Å². The molecule has 2 aromatic heterocycles. The van der Waals surface area contributed by atoms with Crippen molar-refractivity contribution in [1.82, 2.24) is 30.0 Å². The highest BCUT2D eigenvalue weighted by molar-refractivity contribution is 7.99. The van der Waals surface area contributed by atoms with Crippen molar-refractivity contribution in [3.05, 3.63) is 40.9 Å². The molecule has 2 bridgehead atoms. The van der Waals surface area contributed by atoms with Crippen molar-refractivity contribution in [3.8, 4) is 5.95 Å². The van der Waals surface area contributed by atoms with Crippen LogP contribution < -0.4 is 10.9 Å². The highest BCUT2D eigenvalue weighted by Crippen LogP contribution is 2.49. The summed E-state index contributed by atoms with van der Waals surface area (Å²) in [6.07, 6.45) is 6.55. The van der Waals surface area contributed by atoms with Gasteiger partial charge in [0.15, 0.2) is 5.16 Å². The predicted molar refractivity (Wildman–Crippen MR) is 115 cm³/mol. The minimum Gasteiger partial charge on any atom is -0.353 e. The third kappa shape index (κ3) is 3.51. The van der Waals surface area contributed by atoms with Crippen LogP contribution >= 0.6 is 11.8 Å². The minimum atomic E-state index is -0.240. The first-order chi connectivity index (χ1) is 14.6. The molecule has 0 spiro atoms. The van der Waals surface area contributed by atoms with Crippen molar-refractivity contribution >= 4 is 28.6 Å². The number of para-hydroxylation sites is 1. The van der Waals surface area contributed by atoms with Crippen LogP contribution in [0.25, 0.3) is 16.9 Å². The minimum absolute atomic E-state index is 0.0400. The summed E-state index contributed by atoms with van der Waals surface area (Å²) in [7, 11) is 0. The molecule has 2 fully saturated rings. The largest absolute Gasteiger partial charge is 0.353 e. The van der Waals surface area contributed by atoms with Crippen LogP contribution in [-0.2, 0) is 4.79 Å². The van der Waals surface area contributed by atoms with Crippen LogP contribution in [0.1, 0.15) is 32.6 Å². The summed E-state index contributed by atoms with van der Waals surface area (Å²) in [6, 6.07) is 7.34. The molecule has 0 saturated heterocycles. The number of carbonyl (C=O) groups excluding carboxylic acids is 1. The fourth-order valence-corrected chi connectivity index (χ4v) is 5.95. The number of fused-ring (bicyclic) bond motifs is 3. The average Bonchev–Trinajstić information content (AvgIpc) is 3.51. The molecule has 0 unspecified atom stereocenters. The first kappa shape index (κ1) is 19.3. The van der Waals surface area contributed by atoms with E-state index >= 15 is 0 Å². The van der Waals surface area contributed by atoms with E-state index in [1.807, 2.05) is 6.07 Å². The maximum atomic E-state index is 13.0. The molecular formula is C21H24N6O2S. The van der Waals surface area contributed by atoms with E-state index in [-0.39, 0.29) is 29.2 Å². The Morgan fingerprint density at radius 1 is 1.33 bits per heavy atom. The summed E-state index contributed by atoms with van der Waals surface area (Å²) in [5.41, 5.74) is 0.354. The van der Waals surface area contributed by atoms with Crippen molar-refractivity contribution in [3.63, 3.8) is 0 Å². The molecule has 3 aromatic rings. The SMILES string of the molecule is C[C@@H](NC(=O)CSc1nc2ccccc2c(=O)n1-c1ncn[nH]1)[C@@H]1C[C@H]2CC[C@H]1C2. The van der Waals surface area contributed by atoms with E-state index in [1.54, 1.807) is 18.2 Å². The van der Waals surface area contributed by atoms with Gasteiger partial charge in [-0.15, -0.1) is 0 Å². The lowest BCUT2D eigenvalue weighted by atomic mass is 9.84. The average molecular weight is 425 g/mol. The zero-order chi connectivity index (χ0) is 20.7. The van der Waals surface area contributed by atoms with Gasteiger partial charge in [0, 0.05) is 6.04 Å². The van der Waals surface area contributed by atoms with Crippen LogP contribution in [-0.4, -0.2) is 42.4 Å². The van der Waals surface area contributed by atoms with Gasteiger partial charge in [0.25, 0.3) is 5.56 Å². The molecule has 5 rings (SSSR count). The Labute approximate surface area is 177 Å². The van der Waals surface area contributed by atoms with Crippen LogP contribution in [0.3, 0.4) is 0 Å². The fourth-order valence-electron chi connectivity index (χ4n) is 5.14. The van der Waals surface area contributed by atoms with Gasteiger partial charge >= 0.3 is 0 Å². The fraction of sp³-hybridized carbons (Fsp3) is 0.476. The molecule has 30 heavy (non-hydrogen) atoms. The molecule has 2 aliphatic carbocycles. The second kappa shape index (κ2) is 7.86. The number of aromatic amines is 1. The maximum absolute atomic E-state index is 13.0. The quantitative estimate of drug-likeness (QED) is 0.465. The Bertz CT molecular complexity index is 1130. The van der Waals surface area contributed by atoms with E-state index in [0.29, 0.717) is 22.0 Å². The normalized spacial score (nSPS) is 23.7. The molecule has 1 aromatic carbocycles. The van der Waals surface area contributed by atoms with Gasteiger partial charge in [-0.2, -0.15) is 10.1 Å². The molecule has 2 N–H and O–H groups in total. The summed E-state index contributed by atoms with van der Waals surface area (Å²) in [4.78, 5) is 34.4. The molecule has 2 saturated carbocycles. The van der Waals surface area contributed by atoms with E-state index in [0.717, 1.165) is 11.8 Å². The van der Waals surface area contributed by atoms with Gasteiger partial charge in [0.1, 0.15) is 6.33 Å². The number of amides is 1. The van der Waals surface area contributed by atoms with Crippen LogP contribution in [0.15, 0.2) is 40.5 Å². The van der Waals surface area contributed by atoms with Gasteiger partial charge < -0.3 is 5.32 Å². The van der Waals surface area contributed by atoms with Gasteiger partial charge in [-0.05, 0) is 56.1 Å². The molecule has 8 nitrogen and oxygen atoms in total. The number of hydrogen-bond acceptors (Lipinski definition) is 6. The summed E-state index contributed by atoms with van der Waals surface area (Å²) >= 11 is 1.23. The number of aromatic nitrogens is 5. The number of carbonyl (C=O) groups is 1. The van der Waals surface area contributed by atoms with Crippen molar-refractivity contribution in [2.45, 2.75) is 43.8 Å². The Balaban J connectivity index is 1.34. The molecule has 2 heterocycles. The maximum Gasteiger partial charge on any atom is 0.269 e. The number of H-pyrrole nitrogens is 1. The summed E-state index contributed by atoms with van der Waals surface area (Å²) in [5.74, 6) is 2.63. The van der Waals surface area contributed by atoms with Crippen molar-refractivity contribution in [2.24, 2.45) is 17.8 Å². The van der Waals surface area contributed by atoms with Gasteiger partial charge in [-0.25, -0.2) is 14.6 Å². The second-order valence-electron chi connectivity index (χ2n) is 8.34. The molecule has 1 amide bonds. The van der Waals surface area contributed by atoms with Gasteiger partial charge in [-0.3, -0.25) is 9.59 Å². The highest BCUT2D eigenvalue weighted by Gasteiger charge is 2.42. The van der Waals surface area contributed by atoms with Gasteiger partial charge in [0.2, 0.25) is 11.9 Å². The number of nitrogens with zero attached hydrogens (tertiary/aromatic N) is 4. The van der Waals surface area contributed by atoms with E-state index in [2.05, 4.69) is 32.4 Å². The Kier molecular flexibility index (Phi) is 5.06. The van der Waals surface area contributed by atoms with Crippen LogP contribution in [0.4, 0.5) is 0 Å². The summed E-state index contributed by atoms with van der Waals surface area (Å²) in [5, 5.41) is 10.6. The van der Waals surface area contributed by atoms with Crippen LogP contribution in [0.2, 0.25) is 0 Å². The first-order valence-electron chi connectivity index (χ1n) is 10.4. The van der Waals surface area contributed by atoms with Gasteiger partial charge in [-0.1, -0.05) is 30.3 Å². The number of thioether (sulfide) groups is 1. The van der Waals surface area contributed by atoms with E-state index in [1.165, 1.54) is 48.3 Å². The smallest absolute Gasteiger partial charge is 0.269 e. The van der Waals surface area contributed by atoms with Crippen LogP contribution in [0, 0.1) is 17.8 Å². The van der Waals surface area contributed by atoms with Crippen molar-refractivity contribution in [2.75, 3.05) is 5.75 Å². The Morgan fingerprint density at radius 2 is 2.20 bits per heavy atom. The molecule has 9 heteroatoms. The predicted octanol–water partition coefficient (Wildman–Crippen LogP) is 2.54. The molecule has 0 aliphatic heterocycles. The second-order valence-corrected chi connectivity index (χ2v) is 9.29. The lowest BCUT2D eigenvalue weighted by molar-refractivity contribution is -0.119. The standard InChI is InChI=1S/C21H24N6O2S/c1-12(16-9-13-6-7-14(16)8-13)24-18(28)10-30-21-25-17-5-3-2-4-15(17)19(29)27(21)20-22-11-23-26-20/h2-5,11-14,16H,6-10H2,1H3,(H,24,28)(H,22,23,26)/t12-,13+,14+,16+/m1/s1.